The van der Waals surface area contributed by atoms with Gasteiger partial charge in [0.05, 0.1) is 0 Å². The van der Waals surface area contributed by atoms with Crippen molar-refractivity contribution in [1.29, 1.82) is 0 Å². The Hall–Kier alpha value is -5.04. The molecule has 2 saturated heterocycles. The summed E-state index contributed by atoms with van der Waals surface area (Å²) in [5.74, 6) is 1.44. The van der Waals surface area contributed by atoms with Crippen LogP contribution in [-0.2, 0) is 17.8 Å². The summed E-state index contributed by atoms with van der Waals surface area (Å²) in [6, 6.07) is 9.46. The van der Waals surface area contributed by atoms with Crippen LogP contribution in [0.5, 0.6) is 5.75 Å². The number of fused-ring (bicyclic) bond motifs is 1. The maximum atomic E-state index is 11.7. The van der Waals surface area contributed by atoms with Gasteiger partial charge in [0, 0.05) is 90.6 Å². The third-order valence-electron chi connectivity index (χ3n) is 11.7. The summed E-state index contributed by atoms with van der Waals surface area (Å²) in [7, 11) is 0. The largest absolute Gasteiger partial charge is 0.507 e. The van der Waals surface area contributed by atoms with E-state index in [1.807, 2.05) is 44.4 Å². The van der Waals surface area contributed by atoms with Gasteiger partial charge in [-0.2, -0.15) is 0 Å². The Bertz CT molecular complexity index is 1930. The van der Waals surface area contributed by atoms with Crippen molar-refractivity contribution in [3.8, 4) is 5.75 Å². The number of aliphatic carboxylic acids is 1. The van der Waals surface area contributed by atoms with Crippen LogP contribution in [0, 0.1) is 11.3 Å². The second-order valence-corrected chi connectivity index (χ2v) is 15.4. The topological polar surface area (TPSA) is 187 Å². The van der Waals surface area contributed by atoms with E-state index >= 15 is 0 Å². The van der Waals surface area contributed by atoms with E-state index in [2.05, 4.69) is 24.8 Å². The van der Waals surface area contributed by atoms with Crippen molar-refractivity contribution in [1.82, 2.24) is 25.0 Å². The van der Waals surface area contributed by atoms with Crippen LogP contribution in [0.15, 0.2) is 47.2 Å². The standard InChI is InChI=1S/C38H47N9O4/c1-22(2)34(36(49)50)32-14-33(44-51-32)47-20-38(21-47)15-25(16-38)45-10-7-23(8-11-45)24-17-41-37(42-18-24)46-12-9-30-28(19-46)27(35(40)43-30)13-29(39)26-5-3-4-6-31(26)48/h3-6,13-14,17-18,22-23,25,34,43,48H,7-12,15-16,19-21,39-40H2,1-2H3,(H,49,50)/b29-13-. The average molecular weight is 694 g/mol. The fourth-order valence-corrected chi connectivity index (χ4v) is 8.82. The van der Waals surface area contributed by atoms with E-state index in [0.717, 1.165) is 74.6 Å². The summed E-state index contributed by atoms with van der Waals surface area (Å²) in [5, 5.41) is 24.1. The minimum absolute atomic E-state index is 0.0640. The minimum Gasteiger partial charge on any atom is -0.507 e. The highest BCUT2D eigenvalue weighted by Crippen LogP contribution is 2.52. The first-order chi connectivity index (χ1) is 24.6. The predicted molar refractivity (Wildman–Crippen MR) is 195 cm³/mol. The van der Waals surface area contributed by atoms with Crippen molar-refractivity contribution in [3.05, 3.63) is 76.4 Å². The zero-order valence-corrected chi connectivity index (χ0v) is 29.3. The van der Waals surface area contributed by atoms with Crippen LogP contribution in [0.3, 0.4) is 0 Å². The highest BCUT2D eigenvalue weighted by Gasteiger charge is 2.54. The molecule has 6 heterocycles. The number of carbonyl (C=O) groups is 1. The molecular weight excluding hydrogens is 646 g/mol. The van der Waals surface area contributed by atoms with Gasteiger partial charge in [-0.15, -0.1) is 0 Å². The van der Waals surface area contributed by atoms with Crippen LogP contribution < -0.4 is 21.3 Å². The number of aromatic hydroxyl groups is 1. The summed E-state index contributed by atoms with van der Waals surface area (Å²) in [4.78, 5) is 31.8. The third-order valence-corrected chi connectivity index (χ3v) is 11.7. The van der Waals surface area contributed by atoms with Gasteiger partial charge in [-0.3, -0.25) is 4.79 Å². The number of phenolic OH excluding ortho intramolecular Hbond substituents is 1. The lowest BCUT2D eigenvalue weighted by Crippen LogP contribution is -2.67. The Morgan fingerprint density at radius 2 is 1.82 bits per heavy atom. The molecule has 13 nitrogen and oxygen atoms in total. The van der Waals surface area contributed by atoms with Crippen molar-refractivity contribution in [3.63, 3.8) is 0 Å². The zero-order chi connectivity index (χ0) is 35.4. The molecule has 1 aromatic carbocycles. The van der Waals surface area contributed by atoms with E-state index in [9.17, 15) is 15.0 Å². The van der Waals surface area contributed by atoms with Gasteiger partial charge in [-0.25, -0.2) is 9.97 Å². The smallest absolute Gasteiger partial charge is 0.314 e. The second-order valence-electron chi connectivity index (χ2n) is 15.4. The number of para-hydroxylation sites is 1. The molecule has 1 atom stereocenters. The zero-order valence-electron chi connectivity index (χ0n) is 29.3. The Kier molecular flexibility index (Phi) is 8.40. The molecule has 7 N–H and O–H groups in total. The number of aromatic nitrogens is 4. The molecule has 1 saturated carbocycles. The molecule has 1 spiro atoms. The first-order valence-electron chi connectivity index (χ1n) is 18.1. The van der Waals surface area contributed by atoms with E-state index in [-0.39, 0.29) is 11.7 Å². The van der Waals surface area contributed by atoms with Gasteiger partial charge in [0.2, 0.25) is 5.95 Å². The fraction of sp³-hybridized carbons (Fsp3) is 0.474. The normalized spacial score (nSPS) is 20.3. The first kappa shape index (κ1) is 33.1. The van der Waals surface area contributed by atoms with Gasteiger partial charge >= 0.3 is 5.97 Å². The van der Waals surface area contributed by atoms with E-state index < -0.39 is 11.9 Å². The monoisotopic (exact) mass is 693 g/mol. The lowest BCUT2D eigenvalue weighted by molar-refractivity contribution is -0.140. The SMILES string of the molecule is CC(C)C(C(=O)O)c1cc(N2CC3(CC(N4CCC(c5cnc(N6CCc7[nH]c(N)c(/C=C(\N)c8ccccc8O)c7C6)nc5)CC4)C3)C2)no1. The number of hydrogen-bond donors (Lipinski definition) is 5. The molecular formula is C38H47N9O4. The Morgan fingerprint density at radius 1 is 1.10 bits per heavy atom. The molecule has 1 unspecified atom stereocenters. The Labute approximate surface area is 297 Å². The van der Waals surface area contributed by atoms with Gasteiger partial charge in [-0.05, 0) is 74.4 Å². The van der Waals surface area contributed by atoms with Crippen LogP contribution in [0.2, 0.25) is 0 Å². The Morgan fingerprint density at radius 3 is 2.51 bits per heavy atom. The molecule has 13 heteroatoms. The number of phenols is 1. The summed E-state index contributed by atoms with van der Waals surface area (Å²) in [6.07, 6.45) is 11.3. The summed E-state index contributed by atoms with van der Waals surface area (Å²) in [6.45, 7) is 9.25. The van der Waals surface area contributed by atoms with Crippen LogP contribution in [0.4, 0.5) is 17.6 Å². The van der Waals surface area contributed by atoms with Gasteiger partial charge in [-0.1, -0.05) is 31.1 Å². The quantitative estimate of drug-likeness (QED) is 0.162. The number of hydrogen-bond acceptors (Lipinski definition) is 11. The maximum absolute atomic E-state index is 11.7. The molecule has 0 amide bonds. The molecule has 3 aromatic heterocycles. The molecule has 4 aromatic rings. The van der Waals surface area contributed by atoms with Crippen molar-refractivity contribution in [2.24, 2.45) is 17.1 Å². The number of nitrogens with one attached hydrogen (secondary N) is 1. The number of nitrogens with zero attached hydrogens (tertiary/aromatic N) is 6. The lowest BCUT2D eigenvalue weighted by Gasteiger charge is -2.61. The summed E-state index contributed by atoms with van der Waals surface area (Å²) < 4.78 is 5.46. The average Bonchev–Trinajstić information content (AvgIpc) is 3.67. The summed E-state index contributed by atoms with van der Waals surface area (Å²) in [5.41, 5.74) is 18.4. The number of likely N-dealkylation sites (tertiary alicyclic amines) is 1. The van der Waals surface area contributed by atoms with E-state index in [1.165, 1.54) is 18.4 Å². The number of nitrogen functional groups attached to an aromatic ring is 1. The molecule has 1 aliphatic carbocycles. The van der Waals surface area contributed by atoms with E-state index in [1.54, 1.807) is 18.2 Å². The van der Waals surface area contributed by atoms with E-state index in [4.69, 9.17) is 26.0 Å². The number of piperidine rings is 1. The molecule has 8 rings (SSSR count). The van der Waals surface area contributed by atoms with Crippen LogP contribution in [-0.4, -0.2) is 80.0 Å². The fourth-order valence-electron chi connectivity index (χ4n) is 8.82. The third kappa shape index (κ3) is 6.17. The van der Waals surface area contributed by atoms with Crippen molar-refractivity contribution in [2.45, 2.75) is 70.4 Å². The van der Waals surface area contributed by atoms with Crippen molar-refractivity contribution >= 4 is 35.3 Å². The first-order valence-corrected chi connectivity index (χ1v) is 18.1. The van der Waals surface area contributed by atoms with Crippen LogP contribution >= 0.6 is 0 Å². The number of carboxylic acids is 1. The lowest BCUT2D eigenvalue weighted by atomic mass is 9.60. The molecule has 0 bridgehead atoms. The number of nitrogens with two attached hydrogens (primary N) is 2. The summed E-state index contributed by atoms with van der Waals surface area (Å²) >= 11 is 0. The number of benzene rings is 1. The van der Waals surface area contributed by atoms with Crippen LogP contribution in [0.25, 0.3) is 11.8 Å². The number of H-pyrrole nitrogens is 1. The highest BCUT2D eigenvalue weighted by atomic mass is 16.5. The maximum Gasteiger partial charge on any atom is 0.314 e. The van der Waals surface area contributed by atoms with Crippen molar-refractivity contribution < 1.29 is 19.5 Å². The predicted octanol–water partition coefficient (Wildman–Crippen LogP) is 4.77. The van der Waals surface area contributed by atoms with E-state index in [0.29, 0.717) is 52.7 Å². The Balaban J connectivity index is 0.829. The van der Waals surface area contributed by atoms with Gasteiger partial charge in [0.15, 0.2) is 11.6 Å². The van der Waals surface area contributed by atoms with Gasteiger partial charge < -0.3 is 45.9 Å². The molecule has 3 aliphatic heterocycles. The molecule has 4 aliphatic rings. The molecule has 51 heavy (non-hydrogen) atoms. The number of carboxylic acid groups (broad SMARTS) is 1. The van der Waals surface area contributed by atoms with Crippen LogP contribution in [0.1, 0.15) is 85.1 Å². The highest BCUT2D eigenvalue weighted by molar-refractivity contribution is 5.86. The van der Waals surface area contributed by atoms with Gasteiger partial charge in [0.1, 0.15) is 17.5 Å². The van der Waals surface area contributed by atoms with Gasteiger partial charge in [0.25, 0.3) is 0 Å². The number of aromatic amines is 1. The molecule has 0 radical (unpaired) electrons. The second kappa shape index (κ2) is 12.9. The van der Waals surface area contributed by atoms with Crippen molar-refractivity contribution in [2.75, 3.05) is 48.3 Å². The minimum atomic E-state index is -0.875. The number of anilines is 3. The molecule has 268 valence electrons. The number of rotatable bonds is 9. The molecule has 3 fully saturated rings.